The third-order valence-electron chi connectivity index (χ3n) is 3.60. The minimum Gasteiger partial charge on any atom is -0.409 e. The first kappa shape index (κ1) is 15.7. The van der Waals surface area contributed by atoms with E-state index in [1.165, 1.54) is 17.4 Å². The second-order valence-electron chi connectivity index (χ2n) is 5.09. The molecule has 0 atom stereocenters. The molecule has 0 saturated carbocycles. The lowest BCUT2D eigenvalue weighted by molar-refractivity contribution is -0.120. The van der Waals surface area contributed by atoms with Gasteiger partial charge in [0.1, 0.15) is 11.5 Å². The molecular formula is C17H9ClFN3O2S. The fourth-order valence-corrected chi connectivity index (χ4v) is 3.40. The molecule has 0 N–H and O–H groups in total. The van der Waals surface area contributed by atoms with Crippen molar-refractivity contribution in [3.05, 3.63) is 58.7 Å². The Morgan fingerprint density at radius 2 is 2.08 bits per heavy atom. The van der Waals surface area contributed by atoms with Gasteiger partial charge in [-0.25, -0.2) is 9.07 Å². The number of nitrogens with zero attached hydrogens (tertiary/aromatic N) is 3. The third kappa shape index (κ3) is 2.77. The molecule has 0 saturated heterocycles. The Kier molecular flexibility index (Phi) is 3.95. The lowest BCUT2D eigenvalue weighted by atomic mass is 10.1. The third-order valence-corrected chi connectivity index (χ3v) is 4.69. The van der Waals surface area contributed by atoms with E-state index in [4.69, 9.17) is 16.3 Å². The molecule has 4 rings (SSSR count). The highest BCUT2D eigenvalue weighted by molar-refractivity contribution is 7.12. The SMILES string of the molecule is O=COc1csc(-n2nc(-c3ccc(F)c(Cl)c3)c3ccccc32)n1. The molecular weight excluding hydrogens is 365 g/mol. The van der Waals surface area contributed by atoms with Crippen molar-refractivity contribution in [1.29, 1.82) is 0 Å². The number of halogens is 2. The number of aromatic nitrogens is 3. The molecule has 4 aromatic rings. The zero-order valence-electron chi connectivity index (χ0n) is 12.5. The number of fused-ring (bicyclic) bond motifs is 1. The van der Waals surface area contributed by atoms with Crippen molar-refractivity contribution in [3.8, 4) is 22.3 Å². The Labute approximate surface area is 150 Å². The maximum absolute atomic E-state index is 13.5. The Bertz CT molecular complexity index is 1090. The number of carbonyl (C=O) groups is 1. The number of benzene rings is 2. The van der Waals surface area contributed by atoms with Crippen LogP contribution in [0.3, 0.4) is 0 Å². The summed E-state index contributed by atoms with van der Waals surface area (Å²) in [4.78, 5) is 14.7. The average molecular weight is 374 g/mol. The van der Waals surface area contributed by atoms with Crippen LogP contribution in [0, 0.1) is 5.82 Å². The maximum atomic E-state index is 13.5. The number of hydrogen-bond donors (Lipinski definition) is 0. The molecule has 0 fully saturated rings. The summed E-state index contributed by atoms with van der Waals surface area (Å²) >= 11 is 7.20. The van der Waals surface area contributed by atoms with Gasteiger partial charge >= 0.3 is 0 Å². The van der Waals surface area contributed by atoms with E-state index in [1.54, 1.807) is 22.2 Å². The van der Waals surface area contributed by atoms with Crippen molar-refractivity contribution in [2.75, 3.05) is 0 Å². The monoisotopic (exact) mass is 373 g/mol. The van der Waals surface area contributed by atoms with Gasteiger partial charge in [0.05, 0.1) is 15.9 Å². The number of para-hydroxylation sites is 1. The first-order valence-corrected chi connectivity index (χ1v) is 8.42. The number of thiazole rings is 1. The molecule has 8 heteroatoms. The van der Waals surface area contributed by atoms with E-state index in [0.717, 1.165) is 10.9 Å². The Morgan fingerprint density at radius 1 is 1.24 bits per heavy atom. The minimum absolute atomic E-state index is 0.0343. The molecule has 0 unspecified atom stereocenters. The van der Waals surface area contributed by atoms with Crippen molar-refractivity contribution in [3.63, 3.8) is 0 Å². The van der Waals surface area contributed by atoms with Crippen molar-refractivity contribution < 1.29 is 13.9 Å². The van der Waals surface area contributed by atoms with E-state index >= 15 is 0 Å². The molecule has 0 aliphatic carbocycles. The lowest BCUT2D eigenvalue weighted by Crippen LogP contribution is -1.96. The highest BCUT2D eigenvalue weighted by Gasteiger charge is 2.16. The van der Waals surface area contributed by atoms with Crippen LogP contribution in [0.15, 0.2) is 47.8 Å². The number of hydrogen-bond acceptors (Lipinski definition) is 5. The Morgan fingerprint density at radius 3 is 2.88 bits per heavy atom. The van der Waals surface area contributed by atoms with Gasteiger partial charge in [-0.05, 0) is 24.3 Å². The van der Waals surface area contributed by atoms with Crippen LogP contribution in [-0.4, -0.2) is 21.2 Å². The van der Waals surface area contributed by atoms with E-state index in [0.29, 0.717) is 22.9 Å². The molecule has 124 valence electrons. The van der Waals surface area contributed by atoms with Gasteiger partial charge in [0.2, 0.25) is 11.0 Å². The smallest absolute Gasteiger partial charge is 0.299 e. The highest BCUT2D eigenvalue weighted by Crippen LogP contribution is 2.32. The summed E-state index contributed by atoms with van der Waals surface area (Å²) in [5.41, 5.74) is 2.18. The van der Waals surface area contributed by atoms with E-state index in [1.807, 2.05) is 24.3 Å². The zero-order chi connectivity index (χ0) is 17.4. The molecule has 2 aromatic heterocycles. The topological polar surface area (TPSA) is 57.0 Å². The maximum Gasteiger partial charge on any atom is 0.299 e. The molecule has 0 bridgehead atoms. The fourth-order valence-electron chi connectivity index (χ4n) is 2.52. The predicted octanol–water partition coefficient (Wildman–Crippen LogP) is 4.48. The highest BCUT2D eigenvalue weighted by atomic mass is 35.5. The van der Waals surface area contributed by atoms with Gasteiger partial charge in [-0.2, -0.15) is 10.1 Å². The van der Waals surface area contributed by atoms with E-state index < -0.39 is 5.82 Å². The van der Waals surface area contributed by atoms with Crippen molar-refractivity contribution >= 4 is 40.3 Å². The largest absolute Gasteiger partial charge is 0.409 e. The summed E-state index contributed by atoms with van der Waals surface area (Å²) in [6.45, 7) is 0.325. The molecule has 25 heavy (non-hydrogen) atoms. The van der Waals surface area contributed by atoms with Crippen LogP contribution in [0.25, 0.3) is 27.3 Å². The molecule has 0 aliphatic heterocycles. The minimum atomic E-state index is -0.482. The van der Waals surface area contributed by atoms with Gasteiger partial charge in [-0.1, -0.05) is 41.1 Å². The Hall–Kier alpha value is -2.77. The van der Waals surface area contributed by atoms with Gasteiger partial charge in [-0.3, -0.25) is 4.79 Å². The van der Waals surface area contributed by atoms with Gasteiger partial charge < -0.3 is 4.74 Å². The summed E-state index contributed by atoms with van der Waals surface area (Å²) in [7, 11) is 0. The average Bonchev–Trinajstić information content (AvgIpc) is 3.22. The van der Waals surface area contributed by atoms with Crippen LogP contribution in [0.1, 0.15) is 0 Å². The van der Waals surface area contributed by atoms with Crippen LogP contribution >= 0.6 is 22.9 Å². The quantitative estimate of drug-likeness (QED) is 0.495. The standard InChI is InChI=1S/C17H9ClFN3O2S/c18-12-7-10(5-6-13(12)19)16-11-3-1-2-4-14(11)22(21-16)17-20-15(8-25-17)24-9-23/h1-9H. The molecule has 0 aliphatic rings. The van der Waals surface area contributed by atoms with Crippen LogP contribution in [0.2, 0.25) is 5.02 Å². The normalized spacial score (nSPS) is 11.0. The van der Waals surface area contributed by atoms with E-state index in [9.17, 15) is 9.18 Å². The number of rotatable bonds is 4. The molecule has 0 spiro atoms. The molecule has 5 nitrogen and oxygen atoms in total. The van der Waals surface area contributed by atoms with Gasteiger partial charge in [0, 0.05) is 10.9 Å². The van der Waals surface area contributed by atoms with Gasteiger partial charge in [0.15, 0.2) is 0 Å². The lowest BCUT2D eigenvalue weighted by Gasteiger charge is -2.00. The first-order chi connectivity index (χ1) is 12.2. The van der Waals surface area contributed by atoms with Crippen LogP contribution in [0.4, 0.5) is 4.39 Å². The zero-order valence-corrected chi connectivity index (χ0v) is 14.1. The second kappa shape index (κ2) is 6.27. The van der Waals surface area contributed by atoms with Gasteiger partial charge in [-0.15, -0.1) is 0 Å². The number of ether oxygens (including phenoxy) is 1. The van der Waals surface area contributed by atoms with Crippen molar-refractivity contribution in [2.24, 2.45) is 0 Å². The van der Waals surface area contributed by atoms with Crippen molar-refractivity contribution in [1.82, 2.24) is 14.8 Å². The van der Waals surface area contributed by atoms with E-state index in [2.05, 4.69) is 10.1 Å². The van der Waals surface area contributed by atoms with Crippen LogP contribution in [-0.2, 0) is 4.79 Å². The molecule has 2 aromatic carbocycles. The predicted molar refractivity (Wildman–Crippen MR) is 93.8 cm³/mol. The first-order valence-electron chi connectivity index (χ1n) is 7.17. The van der Waals surface area contributed by atoms with Crippen molar-refractivity contribution in [2.45, 2.75) is 0 Å². The van der Waals surface area contributed by atoms with Crippen LogP contribution in [0.5, 0.6) is 5.88 Å². The van der Waals surface area contributed by atoms with Gasteiger partial charge in [0.25, 0.3) is 6.47 Å². The molecule has 0 radical (unpaired) electrons. The fraction of sp³-hybridized carbons (Fsp3) is 0. The second-order valence-corrected chi connectivity index (χ2v) is 6.33. The summed E-state index contributed by atoms with van der Waals surface area (Å²) in [5.74, 6) is -0.273. The Balaban J connectivity index is 1.91. The number of carbonyl (C=O) groups excluding carboxylic acids is 1. The summed E-state index contributed by atoms with van der Waals surface area (Å²) in [6.07, 6.45) is 0. The summed E-state index contributed by atoms with van der Waals surface area (Å²) in [6, 6.07) is 12.1. The summed E-state index contributed by atoms with van der Waals surface area (Å²) < 4.78 is 19.9. The van der Waals surface area contributed by atoms with E-state index in [-0.39, 0.29) is 10.9 Å². The molecule has 0 amide bonds. The van der Waals surface area contributed by atoms with Crippen LogP contribution < -0.4 is 4.74 Å². The molecule has 2 heterocycles. The summed E-state index contributed by atoms with van der Waals surface area (Å²) in [5, 5.41) is 7.69.